The van der Waals surface area contributed by atoms with Crippen LogP contribution in [0.25, 0.3) is 97.0 Å². The highest BCUT2D eigenvalue weighted by Crippen LogP contribution is 2.44. The van der Waals surface area contributed by atoms with Gasteiger partial charge >= 0.3 is 0 Å². The van der Waals surface area contributed by atoms with Gasteiger partial charge in [0.15, 0.2) is 0 Å². The predicted molar refractivity (Wildman–Crippen MR) is 268 cm³/mol. The zero-order valence-electron chi connectivity index (χ0n) is 33.9. The summed E-state index contributed by atoms with van der Waals surface area (Å²) in [5.41, 5.74) is 12.9. The number of rotatable bonds is 7. The standard InChI is InChI=1S/C60H39NS/c1-2-15-40(16-3-1)41-18-12-19-42(33-41)43-20-13-22-48(34-43)61(50-32-31-44-37-58-56-29-10-11-30-59(56)62-60(58)39-47(44)36-50)49-23-14-21-45(35-49)51-25-6-7-27-54(51)57-38-46-17-4-5-24-52(46)53-26-8-9-28-55(53)57/h1-39H. The van der Waals surface area contributed by atoms with E-state index in [1.807, 2.05) is 11.3 Å². The van der Waals surface area contributed by atoms with Gasteiger partial charge < -0.3 is 4.90 Å². The van der Waals surface area contributed by atoms with Crippen LogP contribution in [0, 0.1) is 0 Å². The Hall–Kier alpha value is -7.78. The van der Waals surface area contributed by atoms with Crippen molar-refractivity contribution in [2.24, 2.45) is 0 Å². The third-order valence-corrected chi connectivity index (χ3v) is 13.5. The van der Waals surface area contributed by atoms with Gasteiger partial charge in [-0.25, -0.2) is 0 Å². The van der Waals surface area contributed by atoms with E-state index < -0.39 is 0 Å². The largest absolute Gasteiger partial charge is 0.310 e. The van der Waals surface area contributed by atoms with Gasteiger partial charge in [0, 0.05) is 37.2 Å². The fraction of sp³-hybridized carbons (Fsp3) is 0. The van der Waals surface area contributed by atoms with Crippen LogP contribution >= 0.6 is 11.3 Å². The van der Waals surface area contributed by atoms with Crippen molar-refractivity contribution < 1.29 is 0 Å². The van der Waals surface area contributed by atoms with Gasteiger partial charge in [0.25, 0.3) is 0 Å². The Morgan fingerprint density at radius 2 is 0.823 bits per heavy atom. The molecule has 62 heavy (non-hydrogen) atoms. The third kappa shape index (κ3) is 6.32. The van der Waals surface area contributed by atoms with Crippen molar-refractivity contribution in [3.8, 4) is 44.5 Å². The first kappa shape index (κ1) is 36.1. The second kappa shape index (κ2) is 15.0. The molecule has 2 heteroatoms. The predicted octanol–water partition coefficient (Wildman–Crippen LogP) is 17.7. The Morgan fingerprint density at radius 1 is 0.242 bits per heavy atom. The van der Waals surface area contributed by atoms with E-state index in [-0.39, 0.29) is 0 Å². The summed E-state index contributed by atoms with van der Waals surface area (Å²) in [6.07, 6.45) is 0. The summed E-state index contributed by atoms with van der Waals surface area (Å²) in [6.45, 7) is 0. The van der Waals surface area contributed by atoms with Gasteiger partial charge in [-0.1, -0.05) is 170 Å². The van der Waals surface area contributed by atoms with Crippen molar-refractivity contribution >= 4 is 80.9 Å². The molecule has 1 nitrogen and oxygen atoms in total. The maximum atomic E-state index is 2.43. The minimum Gasteiger partial charge on any atom is -0.310 e. The lowest BCUT2D eigenvalue weighted by molar-refractivity contribution is 1.29. The van der Waals surface area contributed by atoms with E-state index >= 15 is 0 Å². The molecular formula is C60H39NS. The molecule has 290 valence electrons. The Labute approximate surface area is 365 Å². The molecule has 12 aromatic rings. The highest BCUT2D eigenvalue weighted by Gasteiger charge is 2.18. The van der Waals surface area contributed by atoms with Crippen LogP contribution in [0.1, 0.15) is 0 Å². The second-order valence-electron chi connectivity index (χ2n) is 16.1. The Balaban J connectivity index is 1.03. The molecule has 0 aliphatic carbocycles. The van der Waals surface area contributed by atoms with Crippen LogP contribution < -0.4 is 4.90 Å². The van der Waals surface area contributed by atoms with E-state index in [0.29, 0.717) is 0 Å². The number of anilines is 3. The highest BCUT2D eigenvalue weighted by molar-refractivity contribution is 7.25. The first-order valence-electron chi connectivity index (χ1n) is 21.2. The van der Waals surface area contributed by atoms with Gasteiger partial charge in [0.2, 0.25) is 0 Å². The summed E-state index contributed by atoms with van der Waals surface area (Å²) in [4.78, 5) is 2.43. The average molecular weight is 806 g/mol. The number of benzene rings is 11. The smallest absolute Gasteiger partial charge is 0.0468 e. The van der Waals surface area contributed by atoms with E-state index in [1.165, 1.54) is 97.0 Å². The molecule has 0 N–H and O–H groups in total. The van der Waals surface area contributed by atoms with Gasteiger partial charge in [-0.2, -0.15) is 0 Å². The molecule has 12 rings (SSSR count). The molecule has 0 aliphatic heterocycles. The fourth-order valence-corrected chi connectivity index (χ4v) is 10.6. The topological polar surface area (TPSA) is 3.24 Å². The number of hydrogen-bond acceptors (Lipinski definition) is 2. The number of thiophene rings is 1. The lowest BCUT2D eigenvalue weighted by atomic mass is 9.89. The minimum absolute atomic E-state index is 1.10. The SMILES string of the molecule is c1ccc(-c2cccc(-c3cccc(N(c4cccc(-c5ccccc5-c5cc6ccccc6c6ccccc56)c4)c4ccc5cc6c(cc5c4)sc4ccccc46)c3)c2)cc1. The van der Waals surface area contributed by atoms with Crippen molar-refractivity contribution in [3.63, 3.8) is 0 Å². The summed E-state index contributed by atoms with van der Waals surface area (Å²) in [5.74, 6) is 0. The van der Waals surface area contributed by atoms with E-state index in [9.17, 15) is 0 Å². The Kier molecular flexibility index (Phi) is 8.76. The molecule has 0 amide bonds. The summed E-state index contributed by atoms with van der Waals surface area (Å²) < 4.78 is 2.63. The quantitative estimate of drug-likeness (QED) is 0.145. The van der Waals surface area contributed by atoms with E-state index in [1.54, 1.807) is 0 Å². The Morgan fingerprint density at radius 3 is 1.65 bits per heavy atom. The third-order valence-electron chi connectivity index (χ3n) is 12.4. The molecule has 0 atom stereocenters. The minimum atomic E-state index is 1.10. The van der Waals surface area contributed by atoms with Crippen LogP contribution in [0.3, 0.4) is 0 Å². The fourth-order valence-electron chi connectivity index (χ4n) is 9.43. The molecule has 0 spiro atoms. The van der Waals surface area contributed by atoms with E-state index in [0.717, 1.165) is 17.1 Å². The molecule has 0 bridgehead atoms. The summed E-state index contributed by atoms with van der Waals surface area (Å²) in [5, 5.41) is 10.2. The summed E-state index contributed by atoms with van der Waals surface area (Å²) in [7, 11) is 0. The molecular weight excluding hydrogens is 767 g/mol. The molecule has 0 saturated carbocycles. The molecule has 0 radical (unpaired) electrons. The highest BCUT2D eigenvalue weighted by atomic mass is 32.1. The lowest BCUT2D eigenvalue weighted by Crippen LogP contribution is -2.10. The molecule has 0 saturated heterocycles. The molecule has 1 heterocycles. The average Bonchev–Trinajstić information content (AvgIpc) is 3.71. The van der Waals surface area contributed by atoms with Gasteiger partial charge in [0.1, 0.15) is 0 Å². The van der Waals surface area contributed by atoms with Crippen molar-refractivity contribution in [3.05, 3.63) is 237 Å². The molecule has 1 aromatic heterocycles. The normalized spacial score (nSPS) is 11.5. The van der Waals surface area contributed by atoms with Crippen LogP contribution in [0.5, 0.6) is 0 Å². The molecule has 0 aliphatic rings. The number of fused-ring (bicyclic) bond motifs is 7. The van der Waals surface area contributed by atoms with E-state index in [4.69, 9.17) is 0 Å². The lowest BCUT2D eigenvalue weighted by Gasteiger charge is -2.27. The van der Waals surface area contributed by atoms with Crippen LogP contribution in [0.4, 0.5) is 17.1 Å². The van der Waals surface area contributed by atoms with Gasteiger partial charge in [-0.15, -0.1) is 11.3 Å². The van der Waals surface area contributed by atoms with E-state index in [2.05, 4.69) is 241 Å². The number of hydrogen-bond donors (Lipinski definition) is 0. The number of nitrogens with zero attached hydrogens (tertiary/aromatic N) is 1. The molecule has 0 unspecified atom stereocenters. The maximum Gasteiger partial charge on any atom is 0.0468 e. The zero-order valence-corrected chi connectivity index (χ0v) is 34.7. The second-order valence-corrected chi connectivity index (χ2v) is 17.2. The maximum absolute atomic E-state index is 2.43. The monoisotopic (exact) mass is 805 g/mol. The first-order valence-corrected chi connectivity index (χ1v) is 22.0. The van der Waals surface area contributed by atoms with Gasteiger partial charge in [-0.3, -0.25) is 0 Å². The first-order chi connectivity index (χ1) is 30.7. The van der Waals surface area contributed by atoms with Gasteiger partial charge in [0.05, 0.1) is 0 Å². The summed E-state index contributed by atoms with van der Waals surface area (Å²) >= 11 is 1.87. The van der Waals surface area contributed by atoms with Crippen LogP contribution in [0.2, 0.25) is 0 Å². The summed E-state index contributed by atoms with van der Waals surface area (Å²) in [6, 6.07) is 86.9. The van der Waals surface area contributed by atoms with Crippen molar-refractivity contribution in [2.45, 2.75) is 0 Å². The van der Waals surface area contributed by atoms with Crippen molar-refractivity contribution in [1.29, 1.82) is 0 Å². The van der Waals surface area contributed by atoms with Crippen LogP contribution in [-0.4, -0.2) is 0 Å². The zero-order chi connectivity index (χ0) is 41.0. The van der Waals surface area contributed by atoms with Gasteiger partial charge in [-0.05, 0) is 144 Å². The molecule has 11 aromatic carbocycles. The van der Waals surface area contributed by atoms with Crippen molar-refractivity contribution in [1.82, 2.24) is 0 Å². The van der Waals surface area contributed by atoms with Crippen molar-refractivity contribution in [2.75, 3.05) is 4.90 Å². The van der Waals surface area contributed by atoms with Crippen LogP contribution in [0.15, 0.2) is 237 Å². The van der Waals surface area contributed by atoms with Crippen LogP contribution in [-0.2, 0) is 0 Å². The molecule has 0 fully saturated rings. The Bertz CT molecular complexity index is 3650.